The van der Waals surface area contributed by atoms with Gasteiger partial charge < -0.3 is 5.11 Å². The van der Waals surface area contributed by atoms with E-state index in [1.54, 1.807) is 6.07 Å². The lowest BCUT2D eigenvalue weighted by Gasteiger charge is -2.08. The Bertz CT molecular complexity index is 475. The fraction of sp³-hybridized carbons (Fsp3) is 0.294. The molecule has 0 radical (unpaired) electrons. The Hall–Kier alpha value is -1.76. The number of hydrogen-bond acceptors (Lipinski definition) is 1. The Kier molecular flexibility index (Phi) is 5.99. The number of aryl methyl sites for hydroxylation is 1. The first-order chi connectivity index (χ1) is 8.81. The highest BCUT2D eigenvalue weighted by atomic mass is 16.3. The van der Waals surface area contributed by atoms with Crippen LogP contribution in [0.5, 0.6) is 5.75 Å². The third kappa shape index (κ3) is 3.63. The third-order valence-corrected chi connectivity index (χ3v) is 2.87. The van der Waals surface area contributed by atoms with Gasteiger partial charge in [0.25, 0.3) is 0 Å². The van der Waals surface area contributed by atoms with Gasteiger partial charge in [0.2, 0.25) is 0 Å². The summed E-state index contributed by atoms with van der Waals surface area (Å²) in [6.45, 7) is 6.16. The zero-order valence-electron chi connectivity index (χ0n) is 11.5. The van der Waals surface area contributed by atoms with Gasteiger partial charge in [-0.1, -0.05) is 63.2 Å². The van der Waals surface area contributed by atoms with E-state index in [2.05, 4.69) is 31.2 Å². The van der Waals surface area contributed by atoms with E-state index >= 15 is 0 Å². The van der Waals surface area contributed by atoms with E-state index in [0.29, 0.717) is 5.75 Å². The molecule has 96 valence electrons. The molecule has 0 aliphatic heterocycles. The highest BCUT2D eigenvalue weighted by Crippen LogP contribution is 2.21. The van der Waals surface area contributed by atoms with E-state index < -0.39 is 0 Å². The van der Waals surface area contributed by atoms with Gasteiger partial charge in [0.05, 0.1) is 0 Å². The van der Waals surface area contributed by atoms with Crippen molar-refractivity contribution >= 4 is 0 Å². The lowest BCUT2D eigenvalue weighted by Crippen LogP contribution is -1.94. The van der Waals surface area contributed by atoms with Crippen LogP contribution in [0, 0.1) is 0 Å². The van der Waals surface area contributed by atoms with E-state index in [1.807, 2.05) is 32.0 Å². The maximum atomic E-state index is 9.74. The van der Waals surface area contributed by atoms with Gasteiger partial charge in [0.15, 0.2) is 0 Å². The minimum atomic E-state index is 0.383. The van der Waals surface area contributed by atoms with Gasteiger partial charge >= 0.3 is 0 Å². The summed E-state index contributed by atoms with van der Waals surface area (Å²) in [5, 5.41) is 9.74. The topological polar surface area (TPSA) is 20.2 Å². The molecule has 2 aromatic rings. The first kappa shape index (κ1) is 14.3. The van der Waals surface area contributed by atoms with Gasteiger partial charge in [-0.3, -0.25) is 0 Å². The Labute approximate surface area is 110 Å². The van der Waals surface area contributed by atoms with Crippen molar-refractivity contribution in [3.05, 3.63) is 65.2 Å². The van der Waals surface area contributed by atoms with Crippen molar-refractivity contribution in [2.24, 2.45) is 0 Å². The van der Waals surface area contributed by atoms with Crippen molar-refractivity contribution in [3.63, 3.8) is 0 Å². The van der Waals surface area contributed by atoms with Crippen molar-refractivity contribution in [1.29, 1.82) is 0 Å². The summed E-state index contributed by atoms with van der Waals surface area (Å²) >= 11 is 0. The quantitative estimate of drug-likeness (QED) is 0.835. The molecular formula is C17H22O. The highest BCUT2D eigenvalue weighted by molar-refractivity contribution is 5.39. The minimum Gasteiger partial charge on any atom is -0.508 e. The number of para-hydroxylation sites is 1. The molecular weight excluding hydrogens is 220 g/mol. The number of aromatic hydroxyl groups is 1. The lowest BCUT2D eigenvalue weighted by molar-refractivity contribution is 0.469. The second-order valence-corrected chi connectivity index (χ2v) is 3.93. The van der Waals surface area contributed by atoms with Crippen LogP contribution in [-0.4, -0.2) is 5.11 Å². The first-order valence-electron chi connectivity index (χ1n) is 6.65. The summed E-state index contributed by atoms with van der Waals surface area (Å²) in [6, 6.07) is 15.9. The largest absolute Gasteiger partial charge is 0.508 e. The van der Waals surface area contributed by atoms with Crippen molar-refractivity contribution in [2.45, 2.75) is 33.6 Å². The second kappa shape index (κ2) is 7.54. The Morgan fingerprint density at radius 1 is 0.778 bits per heavy atom. The van der Waals surface area contributed by atoms with Gasteiger partial charge in [0, 0.05) is 6.42 Å². The van der Waals surface area contributed by atoms with Crippen molar-refractivity contribution in [3.8, 4) is 5.75 Å². The number of rotatable bonds is 3. The molecule has 18 heavy (non-hydrogen) atoms. The first-order valence-corrected chi connectivity index (χ1v) is 6.65. The third-order valence-electron chi connectivity index (χ3n) is 2.87. The van der Waals surface area contributed by atoms with Crippen LogP contribution in [0.3, 0.4) is 0 Å². The molecule has 0 spiro atoms. The van der Waals surface area contributed by atoms with E-state index in [-0.39, 0.29) is 0 Å². The van der Waals surface area contributed by atoms with E-state index in [1.165, 1.54) is 11.1 Å². The van der Waals surface area contributed by atoms with Gasteiger partial charge in [-0.05, 0) is 29.2 Å². The molecule has 1 N–H and O–H groups in total. The predicted molar refractivity (Wildman–Crippen MR) is 78.1 cm³/mol. The molecule has 0 saturated carbocycles. The van der Waals surface area contributed by atoms with Gasteiger partial charge in [-0.25, -0.2) is 0 Å². The van der Waals surface area contributed by atoms with E-state index in [0.717, 1.165) is 18.4 Å². The maximum Gasteiger partial charge on any atom is 0.119 e. The Morgan fingerprint density at radius 3 is 1.83 bits per heavy atom. The van der Waals surface area contributed by atoms with Crippen molar-refractivity contribution < 1.29 is 5.11 Å². The average Bonchev–Trinajstić information content (AvgIpc) is 2.44. The summed E-state index contributed by atoms with van der Waals surface area (Å²) in [6.07, 6.45) is 1.83. The zero-order chi connectivity index (χ0) is 13.4. The number of hydrogen-bond donors (Lipinski definition) is 1. The van der Waals surface area contributed by atoms with Crippen LogP contribution in [0.1, 0.15) is 37.5 Å². The van der Waals surface area contributed by atoms with Crippen molar-refractivity contribution in [2.75, 3.05) is 0 Å². The molecule has 0 aliphatic carbocycles. The van der Waals surface area contributed by atoms with Crippen LogP contribution in [0.15, 0.2) is 48.5 Å². The van der Waals surface area contributed by atoms with Crippen LogP contribution in [-0.2, 0) is 12.8 Å². The molecule has 0 amide bonds. The zero-order valence-corrected chi connectivity index (χ0v) is 11.5. The fourth-order valence-electron chi connectivity index (χ4n) is 1.94. The van der Waals surface area contributed by atoms with Crippen LogP contribution in [0.4, 0.5) is 0 Å². The summed E-state index contributed by atoms with van der Waals surface area (Å²) in [5.74, 6) is 0.383. The molecule has 0 heterocycles. The van der Waals surface area contributed by atoms with Crippen LogP contribution < -0.4 is 0 Å². The second-order valence-electron chi connectivity index (χ2n) is 3.93. The predicted octanol–water partition coefficient (Wildman–Crippen LogP) is 4.57. The minimum absolute atomic E-state index is 0.383. The van der Waals surface area contributed by atoms with E-state index in [4.69, 9.17) is 0 Å². The molecule has 1 nitrogen and oxygen atoms in total. The smallest absolute Gasteiger partial charge is 0.119 e. The average molecular weight is 242 g/mol. The van der Waals surface area contributed by atoms with Crippen molar-refractivity contribution in [1.82, 2.24) is 0 Å². The lowest BCUT2D eigenvalue weighted by atomic mass is 9.98. The monoisotopic (exact) mass is 242 g/mol. The molecule has 2 rings (SSSR count). The number of phenolic OH excluding ortho intramolecular Hbond substituents is 1. The molecule has 2 aromatic carbocycles. The molecule has 0 atom stereocenters. The molecule has 0 unspecified atom stereocenters. The summed E-state index contributed by atoms with van der Waals surface area (Å²) in [7, 11) is 0. The van der Waals surface area contributed by atoms with Crippen LogP contribution in [0.25, 0.3) is 0 Å². The fourth-order valence-corrected chi connectivity index (χ4v) is 1.94. The highest BCUT2D eigenvalue weighted by Gasteiger charge is 2.04. The summed E-state index contributed by atoms with van der Waals surface area (Å²) in [5.41, 5.74) is 3.64. The molecule has 1 heteroatoms. The summed E-state index contributed by atoms with van der Waals surface area (Å²) < 4.78 is 0. The molecule has 0 aliphatic rings. The molecule has 0 aromatic heterocycles. The van der Waals surface area contributed by atoms with Gasteiger partial charge in [0.1, 0.15) is 5.75 Å². The van der Waals surface area contributed by atoms with Gasteiger partial charge in [-0.2, -0.15) is 0 Å². The molecule has 0 bridgehead atoms. The van der Waals surface area contributed by atoms with E-state index in [9.17, 15) is 5.11 Å². The molecule has 0 fully saturated rings. The van der Waals surface area contributed by atoms with Gasteiger partial charge in [-0.15, -0.1) is 0 Å². The number of phenols is 1. The Balaban J connectivity index is 0.000000771. The standard InChI is InChI=1S/C15H16O.C2H6/c1-2-12-7-3-4-8-13(12)11-14-9-5-6-10-15(14)16;1-2/h3-10,16H,2,11H2,1H3;1-2H3. The molecule has 0 saturated heterocycles. The number of benzene rings is 2. The SMILES string of the molecule is CC.CCc1ccccc1Cc1ccccc1O. The normalized spacial score (nSPS) is 9.50. The maximum absolute atomic E-state index is 9.74. The van der Waals surface area contributed by atoms with Crippen LogP contribution in [0.2, 0.25) is 0 Å². The van der Waals surface area contributed by atoms with Crippen LogP contribution >= 0.6 is 0 Å². The Morgan fingerprint density at radius 2 is 1.28 bits per heavy atom. The summed E-state index contributed by atoms with van der Waals surface area (Å²) in [4.78, 5) is 0.